The highest BCUT2D eigenvalue weighted by Gasteiger charge is 2.48. The molecule has 2 atom stereocenters. The van der Waals surface area contributed by atoms with Crippen LogP contribution in [-0.4, -0.2) is 47.8 Å². The standard InChI is InChI=1S/C15H24N2O2/c1-11-9-15(5-3-6-15)10-17(11)14(19)12-4-7-16(2)13(18)8-12/h11-12H,3-10H2,1-2H3. The second-order valence-corrected chi connectivity index (χ2v) is 6.88. The van der Waals surface area contributed by atoms with E-state index in [-0.39, 0.29) is 17.7 Å². The van der Waals surface area contributed by atoms with E-state index in [9.17, 15) is 9.59 Å². The van der Waals surface area contributed by atoms with Crippen molar-refractivity contribution in [2.45, 2.75) is 51.5 Å². The number of rotatable bonds is 1. The van der Waals surface area contributed by atoms with Crippen LogP contribution in [0.5, 0.6) is 0 Å². The number of carbonyl (C=O) groups is 2. The monoisotopic (exact) mass is 264 g/mol. The molecule has 1 spiro atoms. The van der Waals surface area contributed by atoms with E-state index >= 15 is 0 Å². The highest BCUT2D eigenvalue weighted by molar-refractivity contribution is 5.87. The van der Waals surface area contributed by atoms with Crippen LogP contribution >= 0.6 is 0 Å². The third-order valence-electron chi connectivity index (χ3n) is 5.47. The van der Waals surface area contributed by atoms with Gasteiger partial charge in [-0.25, -0.2) is 0 Å². The minimum atomic E-state index is -0.0682. The van der Waals surface area contributed by atoms with Crippen molar-refractivity contribution in [1.29, 1.82) is 0 Å². The zero-order chi connectivity index (χ0) is 13.6. The first-order valence-electron chi connectivity index (χ1n) is 7.55. The van der Waals surface area contributed by atoms with Crippen molar-refractivity contribution in [2.24, 2.45) is 11.3 Å². The maximum Gasteiger partial charge on any atom is 0.226 e. The van der Waals surface area contributed by atoms with Crippen LogP contribution in [0.1, 0.15) is 45.4 Å². The Bertz CT molecular complexity index is 403. The minimum Gasteiger partial charge on any atom is -0.346 e. The molecule has 1 saturated carbocycles. The maximum atomic E-state index is 12.6. The molecule has 2 saturated heterocycles. The number of amides is 2. The van der Waals surface area contributed by atoms with Crippen LogP contribution in [0.2, 0.25) is 0 Å². The molecule has 0 aromatic rings. The molecule has 2 amide bonds. The second kappa shape index (κ2) is 4.50. The van der Waals surface area contributed by atoms with E-state index in [1.807, 2.05) is 7.05 Å². The fraction of sp³-hybridized carbons (Fsp3) is 0.867. The van der Waals surface area contributed by atoms with Gasteiger partial charge in [0.15, 0.2) is 0 Å². The van der Waals surface area contributed by atoms with E-state index in [1.54, 1.807) is 4.90 Å². The lowest BCUT2D eigenvalue weighted by atomic mass is 9.68. The van der Waals surface area contributed by atoms with Gasteiger partial charge >= 0.3 is 0 Å². The summed E-state index contributed by atoms with van der Waals surface area (Å²) in [5, 5.41) is 0. The molecule has 0 N–H and O–H groups in total. The lowest BCUT2D eigenvalue weighted by Gasteiger charge is -2.38. The molecule has 4 nitrogen and oxygen atoms in total. The fourth-order valence-corrected chi connectivity index (χ4v) is 4.04. The highest BCUT2D eigenvalue weighted by Crippen LogP contribution is 2.50. The Morgan fingerprint density at radius 2 is 2.11 bits per heavy atom. The average Bonchev–Trinajstić information content (AvgIpc) is 2.70. The van der Waals surface area contributed by atoms with Crippen molar-refractivity contribution < 1.29 is 9.59 Å². The third-order valence-corrected chi connectivity index (χ3v) is 5.47. The number of hydrogen-bond donors (Lipinski definition) is 0. The first kappa shape index (κ1) is 12.9. The minimum absolute atomic E-state index is 0.0682. The third kappa shape index (κ3) is 2.15. The molecule has 1 aliphatic carbocycles. The molecule has 0 bridgehead atoms. The molecule has 3 aliphatic rings. The summed E-state index contributed by atoms with van der Waals surface area (Å²) in [5.74, 6) is 0.286. The van der Waals surface area contributed by atoms with Crippen molar-refractivity contribution in [2.75, 3.05) is 20.1 Å². The zero-order valence-corrected chi connectivity index (χ0v) is 12.0. The summed E-state index contributed by atoms with van der Waals surface area (Å²) in [5.41, 5.74) is 0.435. The van der Waals surface area contributed by atoms with Crippen LogP contribution in [0, 0.1) is 11.3 Å². The number of nitrogens with zero attached hydrogens (tertiary/aromatic N) is 2. The van der Waals surface area contributed by atoms with Crippen LogP contribution in [0.25, 0.3) is 0 Å². The molecule has 2 aliphatic heterocycles. The Morgan fingerprint density at radius 1 is 1.37 bits per heavy atom. The predicted molar refractivity (Wildman–Crippen MR) is 72.4 cm³/mol. The molecule has 106 valence electrons. The van der Waals surface area contributed by atoms with Crippen LogP contribution in [0.3, 0.4) is 0 Å². The molecule has 0 aromatic carbocycles. The maximum absolute atomic E-state index is 12.6. The van der Waals surface area contributed by atoms with Crippen molar-refractivity contribution in [3.8, 4) is 0 Å². The van der Waals surface area contributed by atoms with E-state index in [1.165, 1.54) is 25.7 Å². The van der Waals surface area contributed by atoms with Crippen LogP contribution in [0.4, 0.5) is 0 Å². The number of likely N-dealkylation sites (tertiary alicyclic amines) is 2. The van der Waals surface area contributed by atoms with E-state index in [4.69, 9.17) is 0 Å². The largest absolute Gasteiger partial charge is 0.346 e. The van der Waals surface area contributed by atoms with Gasteiger partial charge in [-0.15, -0.1) is 0 Å². The van der Waals surface area contributed by atoms with E-state index in [2.05, 4.69) is 11.8 Å². The molecule has 19 heavy (non-hydrogen) atoms. The van der Waals surface area contributed by atoms with E-state index < -0.39 is 0 Å². The predicted octanol–water partition coefficient (Wildman–Crippen LogP) is 1.65. The van der Waals surface area contributed by atoms with Crippen LogP contribution < -0.4 is 0 Å². The normalized spacial score (nSPS) is 33.7. The first-order chi connectivity index (χ1) is 9.01. The fourth-order valence-electron chi connectivity index (χ4n) is 4.04. The number of piperidine rings is 1. The molecular weight excluding hydrogens is 240 g/mol. The Labute approximate surface area is 115 Å². The SMILES string of the molecule is CC1CC2(CCC2)CN1C(=O)C1CCN(C)C(=O)C1. The van der Waals surface area contributed by atoms with Crippen molar-refractivity contribution in [1.82, 2.24) is 9.80 Å². The summed E-state index contributed by atoms with van der Waals surface area (Å²) in [7, 11) is 1.82. The Morgan fingerprint density at radius 3 is 2.63 bits per heavy atom. The summed E-state index contributed by atoms with van der Waals surface area (Å²) in [6.07, 6.45) is 6.30. The quantitative estimate of drug-likeness (QED) is 0.722. The zero-order valence-electron chi connectivity index (χ0n) is 12.0. The van der Waals surface area contributed by atoms with Gasteiger partial charge in [0.25, 0.3) is 0 Å². The molecule has 0 aromatic heterocycles. The van der Waals surface area contributed by atoms with Gasteiger partial charge in [-0.2, -0.15) is 0 Å². The molecule has 3 fully saturated rings. The smallest absolute Gasteiger partial charge is 0.226 e. The van der Waals surface area contributed by atoms with Crippen molar-refractivity contribution in [3.63, 3.8) is 0 Å². The van der Waals surface area contributed by atoms with Gasteiger partial charge in [0, 0.05) is 38.5 Å². The van der Waals surface area contributed by atoms with Gasteiger partial charge in [-0.05, 0) is 38.0 Å². The summed E-state index contributed by atoms with van der Waals surface area (Å²) in [4.78, 5) is 28.2. The average molecular weight is 264 g/mol. The summed E-state index contributed by atoms with van der Waals surface area (Å²) < 4.78 is 0. The van der Waals surface area contributed by atoms with Gasteiger partial charge < -0.3 is 9.80 Å². The van der Waals surface area contributed by atoms with Gasteiger partial charge in [0.05, 0.1) is 0 Å². The number of hydrogen-bond acceptors (Lipinski definition) is 2. The summed E-state index contributed by atoms with van der Waals surface area (Å²) >= 11 is 0. The molecule has 2 heterocycles. The molecule has 3 rings (SSSR count). The first-order valence-corrected chi connectivity index (χ1v) is 7.55. The Hall–Kier alpha value is -1.06. The van der Waals surface area contributed by atoms with Crippen LogP contribution in [-0.2, 0) is 9.59 Å². The van der Waals surface area contributed by atoms with Gasteiger partial charge in [0.1, 0.15) is 0 Å². The topological polar surface area (TPSA) is 40.6 Å². The number of carbonyl (C=O) groups excluding carboxylic acids is 2. The Balaban J connectivity index is 1.65. The Kier molecular flexibility index (Phi) is 3.06. The molecule has 4 heteroatoms. The second-order valence-electron chi connectivity index (χ2n) is 6.88. The van der Waals surface area contributed by atoms with Gasteiger partial charge in [-0.3, -0.25) is 9.59 Å². The lowest BCUT2D eigenvalue weighted by Crippen LogP contribution is -2.45. The van der Waals surface area contributed by atoms with Gasteiger partial charge in [-0.1, -0.05) is 6.42 Å². The lowest BCUT2D eigenvalue weighted by molar-refractivity contribution is -0.145. The molecular formula is C15H24N2O2. The van der Waals surface area contributed by atoms with E-state index in [0.29, 0.717) is 17.9 Å². The van der Waals surface area contributed by atoms with Crippen molar-refractivity contribution in [3.05, 3.63) is 0 Å². The van der Waals surface area contributed by atoms with Crippen molar-refractivity contribution >= 4 is 11.8 Å². The van der Waals surface area contributed by atoms with E-state index in [0.717, 1.165) is 19.5 Å². The summed E-state index contributed by atoms with van der Waals surface area (Å²) in [6.45, 7) is 3.83. The van der Waals surface area contributed by atoms with Gasteiger partial charge in [0.2, 0.25) is 11.8 Å². The summed E-state index contributed by atoms with van der Waals surface area (Å²) in [6, 6.07) is 0.363. The molecule has 0 radical (unpaired) electrons. The van der Waals surface area contributed by atoms with Crippen LogP contribution in [0.15, 0.2) is 0 Å². The highest BCUT2D eigenvalue weighted by atomic mass is 16.2. The molecule has 2 unspecified atom stereocenters.